The van der Waals surface area contributed by atoms with Crippen molar-refractivity contribution in [2.24, 2.45) is 5.73 Å². The third-order valence-electron chi connectivity index (χ3n) is 3.76. The van der Waals surface area contributed by atoms with E-state index in [-0.39, 0.29) is 0 Å². The summed E-state index contributed by atoms with van der Waals surface area (Å²) < 4.78 is 5.06. The van der Waals surface area contributed by atoms with Crippen LogP contribution < -0.4 is 11.1 Å². The number of carbonyl (C=O) groups excluding carboxylic acids is 2. The second-order valence-corrected chi connectivity index (χ2v) is 6.02. The molecule has 2 amide bonds. The number of hydrogen-bond donors (Lipinski definition) is 2. The third kappa shape index (κ3) is 3.93. The summed E-state index contributed by atoms with van der Waals surface area (Å²) in [4.78, 5) is 24.6. The first-order chi connectivity index (χ1) is 11.4. The summed E-state index contributed by atoms with van der Waals surface area (Å²) in [6.07, 6.45) is 0. The van der Waals surface area contributed by atoms with Gasteiger partial charge in [0.25, 0.3) is 5.91 Å². The number of nitrogens with one attached hydrogen (secondary N) is 1. The number of halogens is 1. The van der Waals surface area contributed by atoms with Crippen molar-refractivity contribution < 1.29 is 14.3 Å². The van der Waals surface area contributed by atoms with Crippen molar-refractivity contribution in [1.82, 2.24) is 5.32 Å². The normalized spacial score (nSPS) is 13.1. The monoisotopic (exact) mass is 346 g/mol. The van der Waals surface area contributed by atoms with Gasteiger partial charge >= 0.3 is 0 Å². The highest BCUT2D eigenvalue weighted by Gasteiger charge is 2.35. The lowest BCUT2D eigenvalue weighted by Crippen LogP contribution is -2.52. The molecule has 0 spiro atoms. The van der Waals surface area contributed by atoms with Crippen molar-refractivity contribution in [2.45, 2.75) is 19.1 Å². The minimum absolute atomic E-state index is 0.391. The van der Waals surface area contributed by atoms with Crippen molar-refractivity contribution in [3.8, 4) is 0 Å². The highest BCUT2D eigenvalue weighted by Crippen LogP contribution is 2.24. The van der Waals surface area contributed by atoms with Crippen molar-refractivity contribution in [3.63, 3.8) is 0 Å². The van der Waals surface area contributed by atoms with E-state index in [0.29, 0.717) is 22.8 Å². The maximum atomic E-state index is 12.6. The number of amides is 2. The number of nitrogens with two attached hydrogens (primary N) is 1. The van der Waals surface area contributed by atoms with Crippen molar-refractivity contribution in [1.29, 1.82) is 0 Å². The maximum Gasteiger partial charge on any atom is 0.252 e. The fourth-order valence-electron chi connectivity index (χ4n) is 2.34. The number of benzene rings is 2. The second kappa shape index (κ2) is 7.47. The topological polar surface area (TPSA) is 81.4 Å². The van der Waals surface area contributed by atoms with Crippen LogP contribution in [0, 0.1) is 0 Å². The summed E-state index contributed by atoms with van der Waals surface area (Å²) in [5, 5.41) is 3.16. The Labute approximate surface area is 145 Å². The van der Waals surface area contributed by atoms with E-state index >= 15 is 0 Å². The molecule has 24 heavy (non-hydrogen) atoms. The lowest BCUT2D eigenvalue weighted by molar-refractivity contribution is -0.123. The predicted molar refractivity (Wildman–Crippen MR) is 92.6 cm³/mol. The molecule has 3 N–H and O–H groups in total. The Morgan fingerprint density at radius 2 is 1.92 bits per heavy atom. The molecule has 0 aliphatic rings. The van der Waals surface area contributed by atoms with Gasteiger partial charge in [-0.15, -0.1) is 0 Å². The average Bonchev–Trinajstić information content (AvgIpc) is 2.55. The molecular formula is C18H19ClN2O3. The lowest BCUT2D eigenvalue weighted by atomic mass is 9.90. The average molecular weight is 347 g/mol. The summed E-state index contributed by atoms with van der Waals surface area (Å²) in [5.41, 5.74) is 5.95. The molecule has 0 fully saturated rings. The van der Waals surface area contributed by atoms with Crippen LogP contribution in [-0.2, 0) is 21.7 Å². The first kappa shape index (κ1) is 18.0. The third-order valence-corrected chi connectivity index (χ3v) is 3.99. The van der Waals surface area contributed by atoms with E-state index in [2.05, 4.69) is 5.32 Å². The van der Waals surface area contributed by atoms with Gasteiger partial charge in [-0.1, -0.05) is 35.9 Å². The van der Waals surface area contributed by atoms with Crippen molar-refractivity contribution in [3.05, 3.63) is 70.2 Å². The number of primary amides is 1. The molecule has 6 heteroatoms. The fraction of sp³-hybridized carbons (Fsp3) is 0.222. The smallest absolute Gasteiger partial charge is 0.252 e. The van der Waals surface area contributed by atoms with Crippen LogP contribution in [0.15, 0.2) is 48.5 Å². The molecule has 0 aliphatic heterocycles. The zero-order valence-electron chi connectivity index (χ0n) is 13.5. The molecule has 1 unspecified atom stereocenters. The van der Waals surface area contributed by atoms with E-state index < -0.39 is 17.4 Å². The molecular weight excluding hydrogens is 328 g/mol. The van der Waals surface area contributed by atoms with Crippen molar-refractivity contribution >= 4 is 23.4 Å². The summed E-state index contributed by atoms with van der Waals surface area (Å²) in [7, 11) is 1.58. The predicted octanol–water partition coefficient (Wildman–Crippen LogP) is 2.62. The number of methoxy groups -OCH3 is 1. The van der Waals surface area contributed by atoms with Crippen LogP contribution >= 0.6 is 11.6 Å². The molecule has 126 valence electrons. The fourth-order valence-corrected chi connectivity index (χ4v) is 2.53. The van der Waals surface area contributed by atoms with Crippen LogP contribution in [-0.4, -0.2) is 18.9 Å². The van der Waals surface area contributed by atoms with Gasteiger partial charge in [0.1, 0.15) is 5.54 Å². The van der Waals surface area contributed by atoms with Crippen molar-refractivity contribution in [2.75, 3.05) is 7.11 Å². The Morgan fingerprint density at radius 3 is 2.54 bits per heavy atom. The summed E-state index contributed by atoms with van der Waals surface area (Å²) in [5.74, 6) is -1.08. The van der Waals surface area contributed by atoms with Gasteiger partial charge in [-0.25, -0.2) is 0 Å². The molecule has 2 rings (SSSR count). The van der Waals surface area contributed by atoms with Gasteiger partial charge in [-0.2, -0.15) is 0 Å². The summed E-state index contributed by atoms with van der Waals surface area (Å²) in [6.45, 7) is 1.94. The first-order valence-electron chi connectivity index (χ1n) is 7.33. The first-order valence-corrected chi connectivity index (χ1v) is 7.71. The van der Waals surface area contributed by atoms with Gasteiger partial charge in [0.15, 0.2) is 0 Å². The minimum Gasteiger partial charge on any atom is -0.380 e. The van der Waals surface area contributed by atoms with E-state index in [4.69, 9.17) is 22.1 Å². The standard InChI is InChI=1S/C18H19ClN2O3/c1-18(17(20)23,14-7-4-8-15(19)10-14)21-16(22)13-6-3-5-12(9-13)11-24-2/h3-10H,11H2,1-2H3,(H2,20,23)(H,21,22). The Hall–Kier alpha value is -2.37. The number of carbonyl (C=O) groups is 2. The van der Waals surface area contributed by atoms with Crippen LogP contribution in [0.3, 0.4) is 0 Å². The Bertz CT molecular complexity index is 763. The van der Waals surface area contributed by atoms with E-state index in [0.717, 1.165) is 5.56 Å². The SMILES string of the molecule is COCc1cccc(C(=O)NC(C)(C(N)=O)c2cccc(Cl)c2)c1. The van der Waals surface area contributed by atoms with Crippen LogP contribution in [0.2, 0.25) is 5.02 Å². The molecule has 0 heterocycles. The molecule has 0 radical (unpaired) electrons. The van der Waals surface area contributed by atoms with Crippen LogP contribution in [0.25, 0.3) is 0 Å². The molecule has 2 aromatic rings. The number of rotatable bonds is 6. The van der Waals surface area contributed by atoms with E-state index in [1.54, 1.807) is 56.5 Å². The van der Waals surface area contributed by atoms with Crippen LogP contribution in [0.5, 0.6) is 0 Å². The molecule has 5 nitrogen and oxygen atoms in total. The molecule has 2 aromatic carbocycles. The van der Waals surface area contributed by atoms with Gasteiger partial charge in [0, 0.05) is 17.7 Å². The second-order valence-electron chi connectivity index (χ2n) is 5.59. The molecule has 0 saturated heterocycles. The Balaban J connectivity index is 2.32. The van der Waals surface area contributed by atoms with E-state index in [1.807, 2.05) is 6.07 Å². The molecule has 0 aromatic heterocycles. The molecule has 0 bridgehead atoms. The molecule has 0 saturated carbocycles. The minimum atomic E-state index is -1.38. The van der Waals surface area contributed by atoms with Crippen LogP contribution in [0.1, 0.15) is 28.4 Å². The largest absolute Gasteiger partial charge is 0.380 e. The Morgan fingerprint density at radius 1 is 1.21 bits per heavy atom. The maximum absolute atomic E-state index is 12.6. The summed E-state index contributed by atoms with van der Waals surface area (Å²) in [6, 6.07) is 13.7. The zero-order chi connectivity index (χ0) is 17.7. The quantitative estimate of drug-likeness (QED) is 0.843. The van der Waals surface area contributed by atoms with Gasteiger partial charge in [0.2, 0.25) is 5.91 Å². The van der Waals surface area contributed by atoms with Gasteiger partial charge < -0.3 is 15.8 Å². The Kier molecular flexibility index (Phi) is 5.59. The van der Waals surface area contributed by atoms with Crippen LogP contribution in [0.4, 0.5) is 0 Å². The molecule has 0 aliphatic carbocycles. The van der Waals surface area contributed by atoms with Gasteiger partial charge in [-0.3, -0.25) is 9.59 Å². The van der Waals surface area contributed by atoms with E-state index in [1.165, 1.54) is 0 Å². The van der Waals surface area contributed by atoms with Gasteiger partial charge in [0.05, 0.1) is 6.61 Å². The zero-order valence-corrected chi connectivity index (χ0v) is 14.3. The summed E-state index contributed by atoms with van der Waals surface area (Å²) >= 11 is 5.99. The lowest BCUT2D eigenvalue weighted by Gasteiger charge is -2.28. The highest BCUT2D eigenvalue weighted by molar-refractivity contribution is 6.30. The number of ether oxygens (including phenoxy) is 1. The number of hydrogen-bond acceptors (Lipinski definition) is 3. The van der Waals surface area contributed by atoms with Gasteiger partial charge in [-0.05, 0) is 42.3 Å². The molecule has 1 atom stereocenters. The highest BCUT2D eigenvalue weighted by atomic mass is 35.5. The van der Waals surface area contributed by atoms with E-state index in [9.17, 15) is 9.59 Å².